The van der Waals surface area contributed by atoms with Gasteiger partial charge in [-0.05, 0) is 26.7 Å². The standard InChI is InChI=1S/C12H20O3/c1-5-15-10(14)12(4)8-6-7-11(2,3)9(12)13/h5-8H2,1-4H3. The van der Waals surface area contributed by atoms with Crippen molar-refractivity contribution in [1.29, 1.82) is 0 Å². The Hall–Kier alpha value is -0.860. The summed E-state index contributed by atoms with van der Waals surface area (Å²) in [5.41, 5.74) is -1.31. The van der Waals surface area contributed by atoms with Crippen LogP contribution in [0, 0.1) is 10.8 Å². The fourth-order valence-corrected chi connectivity index (χ4v) is 2.34. The molecule has 1 saturated carbocycles. The number of rotatable bonds is 2. The number of carbonyl (C=O) groups excluding carboxylic acids is 2. The average Bonchev–Trinajstić information content (AvgIpc) is 2.14. The smallest absolute Gasteiger partial charge is 0.319 e. The number of hydrogen-bond acceptors (Lipinski definition) is 3. The van der Waals surface area contributed by atoms with E-state index in [0.717, 1.165) is 12.8 Å². The predicted octanol–water partition coefficient (Wildman–Crippen LogP) is 2.33. The van der Waals surface area contributed by atoms with E-state index in [2.05, 4.69) is 0 Å². The Bertz CT molecular complexity index is 281. The monoisotopic (exact) mass is 212 g/mol. The van der Waals surface area contributed by atoms with Crippen LogP contribution >= 0.6 is 0 Å². The lowest BCUT2D eigenvalue weighted by Gasteiger charge is -2.39. The van der Waals surface area contributed by atoms with Gasteiger partial charge in [0.15, 0.2) is 5.78 Å². The van der Waals surface area contributed by atoms with Crippen LogP contribution in [-0.4, -0.2) is 18.4 Å². The van der Waals surface area contributed by atoms with Crippen LogP contribution < -0.4 is 0 Å². The van der Waals surface area contributed by atoms with Gasteiger partial charge in [-0.25, -0.2) is 0 Å². The lowest BCUT2D eigenvalue weighted by Crippen LogP contribution is -2.48. The van der Waals surface area contributed by atoms with Gasteiger partial charge in [-0.2, -0.15) is 0 Å². The first-order valence-corrected chi connectivity index (χ1v) is 5.57. The third-order valence-corrected chi connectivity index (χ3v) is 3.32. The molecule has 0 radical (unpaired) electrons. The van der Waals surface area contributed by atoms with E-state index in [-0.39, 0.29) is 17.2 Å². The Morgan fingerprint density at radius 3 is 2.47 bits per heavy atom. The van der Waals surface area contributed by atoms with E-state index in [4.69, 9.17) is 4.74 Å². The third kappa shape index (κ3) is 2.06. The molecule has 1 rings (SSSR count). The molecule has 3 heteroatoms. The summed E-state index contributed by atoms with van der Waals surface area (Å²) in [6.45, 7) is 7.63. The fraction of sp³-hybridized carbons (Fsp3) is 0.833. The molecule has 15 heavy (non-hydrogen) atoms. The summed E-state index contributed by atoms with van der Waals surface area (Å²) in [6, 6.07) is 0. The Balaban J connectivity index is 2.92. The molecular weight excluding hydrogens is 192 g/mol. The number of ketones is 1. The van der Waals surface area contributed by atoms with Crippen LogP contribution in [0.25, 0.3) is 0 Å². The van der Waals surface area contributed by atoms with Crippen LogP contribution in [-0.2, 0) is 14.3 Å². The number of Topliss-reactive ketones (excluding diaryl/α,β-unsaturated/α-hetero) is 1. The Kier molecular flexibility index (Phi) is 3.22. The molecule has 1 fully saturated rings. The zero-order valence-electron chi connectivity index (χ0n) is 10.1. The molecular formula is C12H20O3. The second kappa shape index (κ2) is 3.95. The topological polar surface area (TPSA) is 43.4 Å². The van der Waals surface area contributed by atoms with Crippen molar-refractivity contribution < 1.29 is 14.3 Å². The van der Waals surface area contributed by atoms with Gasteiger partial charge < -0.3 is 4.74 Å². The molecule has 0 aromatic carbocycles. The van der Waals surface area contributed by atoms with Crippen LogP contribution in [0.3, 0.4) is 0 Å². The molecule has 0 bridgehead atoms. The molecule has 0 N–H and O–H groups in total. The maximum absolute atomic E-state index is 12.2. The molecule has 0 spiro atoms. The minimum absolute atomic E-state index is 0.0275. The second-order valence-electron chi connectivity index (χ2n) is 5.12. The van der Waals surface area contributed by atoms with E-state index in [1.54, 1.807) is 13.8 Å². The van der Waals surface area contributed by atoms with Crippen molar-refractivity contribution in [1.82, 2.24) is 0 Å². The maximum atomic E-state index is 12.2. The van der Waals surface area contributed by atoms with E-state index in [9.17, 15) is 9.59 Å². The summed E-state index contributed by atoms with van der Waals surface area (Å²) in [6.07, 6.45) is 2.39. The number of hydrogen-bond donors (Lipinski definition) is 0. The van der Waals surface area contributed by atoms with Gasteiger partial charge in [0.05, 0.1) is 6.61 Å². The molecule has 1 unspecified atom stereocenters. The molecule has 0 aromatic heterocycles. The number of esters is 1. The van der Waals surface area contributed by atoms with Crippen molar-refractivity contribution in [2.45, 2.75) is 47.0 Å². The largest absolute Gasteiger partial charge is 0.465 e. The maximum Gasteiger partial charge on any atom is 0.319 e. The molecule has 0 aliphatic heterocycles. The average molecular weight is 212 g/mol. The molecule has 0 heterocycles. The third-order valence-electron chi connectivity index (χ3n) is 3.32. The summed E-state index contributed by atoms with van der Waals surface area (Å²) in [7, 11) is 0. The molecule has 1 atom stereocenters. The van der Waals surface area contributed by atoms with Crippen LogP contribution in [0.1, 0.15) is 47.0 Å². The Morgan fingerprint density at radius 1 is 1.33 bits per heavy atom. The van der Waals surface area contributed by atoms with Gasteiger partial charge in [-0.1, -0.05) is 20.3 Å². The van der Waals surface area contributed by atoms with Gasteiger partial charge in [-0.3, -0.25) is 9.59 Å². The molecule has 0 amide bonds. The minimum atomic E-state index is -0.919. The van der Waals surface area contributed by atoms with Gasteiger partial charge in [0.2, 0.25) is 0 Å². The highest BCUT2D eigenvalue weighted by atomic mass is 16.5. The number of carbonyl (C=O) groups is 2. The van der Waals surface area contributed by atoms with E-state index in [1.807, 2.05) is 13.8 Å². The summed E-state index contributed by atoms with van der Waals surface area (Å²) in [5, 5.41) is 0. The molecule has 0 aromatic rings. The van der Waals surface area contributed by atoms with E-state index in [0.29, 0.717) is 13.0 Å². The van der Waals surface area contributed by atoms with Gasteiger partial charge >= 0.3 is 5.97 Å². The van der Waals surface area contributed by atoms with Crippen LogP contribution in [0.5, 0.6) is 0 Å². The highest BCUT2D eigenvalue weighted by molar-refractivity contribution is 6.06. The van der Waals surface area contributed by atoms with E-state index in [1.165, 1.54) is 0 Å². The normalized spacial score (nSPS) is 30.0. The zero-order chi connectivity index (χ0) is 11.7. The highest BCUT2D eigenvalue weighted by Crippen LogP contribution is 2.43. The van der Waals surface area contributed by atoms with Crippen molar-refractivity contribution in [3.63, 3.8) is 0 Å². The fourth-order valence-electron chi connectivity index (χ4n) is 2.34. The summed E-state index contributed by atoms with van der Waals surface area (Å²) in [4.78, 5) is 24.0. The quantitative estimate of drug-likeness (QED) is 0.521. The SMILES string of the molecule is CCOC(=O)C1(C)CCCC(C)(C)C1=O. The second-order valence-corrected chi connectivity index (χ2v) is 5.12. The predicted molar refractivity (Wildman–Crippen MR) is 57.4 cm³/mol. The van der Waals surface area contributed by atoms with Crippen molar-refractivity contribution in [3.8, 4) is 0 Å². The highest BCUT2D eigenvalue weighted by Gasteiger charge is 2.51. The van der Waals surface area contributed by atoms with Gasteiger partial charge in [0.25, 0.3) is 0 Å². The molecule has 86 valence electrons. The summed E-state index contributed by atoms with van der Waals surface area (Å²) in [5.74, 6) is -0.331. The Labute approximate surface area is 91.2 Å². The lowest BCUT2D eigenvalue weighted by molar-refractivity contribution is -0.165. The van der Waals surface area contributed by atoms with Gasteiger partial charge in [0.1, 0.15) is 5.41 Å². The first-order valence-electron chi connectivity index (χ1n) is 5.57. The van der Waals surface area contributed by atoms with Crippen LogP contribution in [0.2, 0.25) is 0 Å². The summed E-state index contributed by atoms with van der Waals surface area (Å²) >= 11 is 0. The van der Waals surface area contributed by atoms with E-state index >= 15 is 0 Å². The molecule has 0 saturated heterocycles. The van der Waals surface area contributed by atoms with E-state index < -0.39 is 5.41 Å². The summed E-state index contributed by atoms with van der Waals surface area (Å²) < 4.78 is 4.99. The van der Waals surface area contributed by atoms with Crippen molar-refractivity contribution in [3.05, 3.63) is 0 Å². The van der Waals surface area contributed by atoms with Crippen LogP contribution in [0.15, 0.2) is 0 Å². The van der Waals surface area contributed by atoms with Crippen molar-refractivity contribution >= 4 is 11.8 Å². The molecule has 1 aliphatic carbocycles. The van der Waals surface area contributed by atoms with Gasteiger partial charge in [-0.15, -0.1) is 0 Å². The van der Waals surface area contributed by atoms with Crippen molar-refractivity contribution in [2.75, 3.05) is 6.61 Å². The lowest BCUT2D eigenvalue weighted by atomic mass is 9.63. The molecule has 3 nitrogen and oxygen atoms in total. The minimum Gasteiger partial charge on any atom is -0.465 e. The Morgan fingerprint density at radius 2 is 1.93 bits per heavy atom. The first-order chi connectivity index (χ1) is 6.84. The van der Waals surface area contributed by atoms with Crippen LogP contribution in [0.4, 0.5) is 0 Å². The number of ether oxygens (including phenoxy) is 1. The van der Waals surface area contributed by atoms with Gasteiger partial charge in [0, 0.05) is 5.41 Å². The first kappa shape index (κ1) is 12.2. The van der Waals surface area contributed by atoms with Crippen molar-refractivity contribution in [2.24, 2.45) is 10.8 Å². The zero-order valence-corrected chi connectivity index (χ0v) is 10.1. The molecule has 1 aliphatic rings.